The quantitative estimate of drug-likeness (QED) is 0.653. The van der Waals surface area contributed by atoms with Crippen LogP contribution in [0.3, 0.4) is 0 Å². The van der Waals surface area contributed by atoms with Crippen LogP contribution in [0, 0.1) is 5.82 Å². The molecule has 2 aliphatic rings. The van der Waals surface area contributed by atoms with Crippen molar-refractivity contribution in [3.63, 3.8) is 0 Å². The summed E-state index contributed by atoms with van der Waals surface area (Å²) in [5, 5.41) is 3.07. The van der Waals surface area contributed by atoms with Crippen LogP contribution < -0.4 is 16.8 Å². The maximum Gasteiger partial charge on any atom is 0.265 e. The summed E-state index contributed by atoms with van der Waals surface area (Å²) in [6, 6.07) is 6.04. The number of hydrogen-bond acceptors (Lipinski definition) is 5. The van der Waals surface area contributed by atoms with Crippen molar-refractivity contribution in [3.05, 3.63) is 77.7 Å². The zero-order valence-electron chi connectivity index (χ0n) is 15.8. The Morgan fingerprint density at radius 1 is 1.32 bits per heavy atom. The van der Waals surface area contributed by atoms with Gasteiger partial charge in [0.05, 0.1) is 11.3 Å². The van der Waals surface area contributed by atoms with E-state index in [4.69, 9.17) is 11.5 Å². The van der Waals surface area contributed by atoms with E-state index < -0.39 is 0 Å². The topological polar surface area (TPSA) is 87.6 Å². The van der Waals surface area contributed by atoms with Gasteiger partial charge in [0.2, 0.25) is 0 Å². The Hall–Kier alpha value is -2.90. The van der Waals surface area contributed by atoms with Crippen LogP contribution in [-0.4, -0.2) is 41.9 Å². The molecule has 2 heterocycles. The summed E-state index contributed by atoms with van der Waals surface area (Å²) in [7, 11) is 0. The first kappa shape index (κ1) is 19.9. The van der Waals surface area contributed by atoms with Gasteiger partial charge in [-0.15, -0.1) is 0 Å². The minimum absolute atomic E-state index is 0.237. The Kier molecular flexibility index (Phi) is 6.28. The molecule has 1 aromatic carbocycles. The second-order valence-corrected chi connectivity index (χ2v) is 6.80. The van der Waals surface area contributed by atoms with E-state index in [1.807, 2.05) is 6.08 Å². The van der Waals surface area contributed by atoms with Gasteiger partial charge in [0, 0.05) is 25.5 Å². The highest BCUT2D eigenvalue weighted by Crippen LogP contribution is 2.27. The average Bonchev–Trinajstić information content (AvgIpc) is 3.10. The van der Waals surface area contributed by atoms with Gasteiger partial charge >= 0.3 is 0 Å². The molecule has 28 heavy (non-hydrogen) atoms. The Balaban J connectivity index is 1.73. The van der Waals surface area contributed by atoms with Crippen molar-refractivity contribution in [1.82, 2.24) is 15.1 Å². The van der Waals surface area contributed by atoms with Crippen molar-refractivity contribution >= 4 is 11.6 Å². The first-order chi connectivity index (χ1) is 13.5. The van der Waals surface area contributed by atoms with E-state index in [2.05, 4.69) is 16.8 Å². The summed E-state index contributed by atoms with van der Waals surface area (Å²) < 4.78 is 13.1. The molecule has 2 aliphatic heterocycles. The van der Waals surface area contributed by atoms with Gasteiger partial charge in [-0.05, 0) is 61.3 Å². The van der Waals surface area contributed by atoms with Crippen LogP contribution in [0.1, 0.15) is 18.4 Å². The minimum atomic E-state index is -0.313. The highest BCUT2D eigenvalue weighted by molar-refractivity contribution is 6.00. The molecule has 0 saturated heterocycles. The van der Waals surface area contributed by atoms with Gasteiger partial charge in [0.15, 0.2) is 0 Å². The van der Waals surface area contributed by atoms with E-state index in [-0.39, 0.29) is 11.7 Å². The molecule has 1 amide bonds. The number of carbonyl (C=O) groups is 1. The van der Waals surface area contributed by atoms with Crippen molar-refractivity contribution in [3.8, 4) is 0 Å². The van der Waals surface area contributed by atoms with Gasteiger partial charge in [-0.25, -0.2) is 4.39 Å². The second kappa shape index (κ2) is 8.86. The lowest BCUT2D eigenvalue weighted by atomic mass is 9.99. The number of halogens is 1. The van der Waals surface area contributed by atoms with Crippen LogP contribution in [0.15, 0.2) is 66.3 Å². The molecule has 0 bridgehead atoms. The van der Waals surface area contributed by atoms with Crippen LogP contribution in [0.4, 0.5) is 4.39 Å². The Bertz CT molecular complexity index is 841. The number of rotatable bonds is 6. The molecule has 1 aromatic rings. The summed E-state index contributed by atoms with van der Waals surface area (Å²) in [4.78, 5) is 16.8. The molecular formula is C21H26FN5O. The van der Waals surface area contributed by atoms with E-state index in [1.165, 1.54) is 23.2 Å². The molecular weight excluding hydrogens is 357 g/mol. The van der Waals surface area contributed by atoms with Crippen LogP contribution >= 0.6 is 0 Å². The highest BCUT2D eigenvalue weighted by atomic mass is 19.1. The fourth-order valence-corrected chi connectivity index (χ4v) is 3.33. The number of benzene rings is 1. The SMILES string of the molecule is C=C1NC(c2ccc(F)cc2)=CN1C(=O)/C(=C\N)C1=CCN(CCCN)CC1. The molecule has 0 aromatic heterocycles. The Labute approximate surface area is 164 Å². The van der Waals surface area contributed by atoms with Crippen molar-refractivity contribution in [2.75, 3.05) is 26.2 Å². The van der Waals surface area contributed by atoms with E-state index in [0.717, 1.165) is 43.6 Å². The van der Waals surface area contributed by atoms with Gasteiger partial charge in [-0.1, -0.05) is 12.7 Å². The van der Waals surface area contributed by atoms with Crippen LogP contribution in [-0.2, 0) is 4.79 Å². The van der Waals surface area contributed by atoms with Crippen LogP contribution in [0.25, 0.3) is 5.70 Å². The number of nitrogens with one attached hydrogen (secondary N) is 1. The Morgan fingerprint density at radius 3 is 2.68 bits per heavy atom. The van der Waals surface area contributed by atoms with Crippen LogP contribution in [0.5, 0.6) is 0 Å². The maximum absolute atomic E-state index is 13.1. The zero-order valence-corrected chi connectivity index (χ0v) is 15.8. The van der Waals surface area contributed by atoms with Crippen molar-refractivity contribution < 1.29 is 9.18 Å². The highest BCUT2D eigenvalue weighted by Gasteiger charge is 2.28. The van der Waals surface area contributed by atoms with Gasteiger partial charge in [-0.2, -0.15) is 0 Å². The molecule has 148 valence electrons. The third-order valence-corrected chi connectivity index (χ3v) is 4.92. The fraction of sp³-hybridized carbons (Fsp3) is 0.286. The number of amides is 1. The number of carbonyl (C=O) groups excluding carboxylic acids is 1. The molecule has 0 radical (unpaired) electrons. The van der Waals surface area contributed by atoms with Crippen molar-refractivity contribution in [2.24, 2.45) is 11.5 Å². The molecule has 5 N–H and O–H groups in total. The van der Waals surface area contributed by atoms with E-state index in [1.54, 1.807) is 18.3 Å². The standard InChI is InChI=1S/C21H26FN5O/c1-15-25-20(17-3-5-18(22)6-4-17)14-27(15)21(28)19(13-24)16-7-11-26(12-8-16)10-2-9-23/h3-7,13-14,25H,1-2,8-12,23-24H2/b19-13-. The zero-order chi connectivity index (χ0) is 20.1. The van der Waals surface area contributed by atoms with Crippen LogP contribution in [0.2, 0.25) is 0 Å². The molecule has 0 unspecified atom stereocenters. The predicted octanol–water partition coefficient (Wildman–Crippen LogP) is 1.85. The van der Waals surface area contributed by atoms with E-state index in [9.17, 15) is 9.18 Å². The van der Waals surface area contributed by atoms with Gasteiger partial charge in [0.1, 0.15) is 11.6 Å². The van der Waals surface area contributed by atoms with Crippen molar-refractivity contribution in [2.45, 2.75) is 12.8 Å². The molecule has 0 aliphatic carbocycles. The molecule has 0 atom stereocenters. The normalized spacial score (nSPS) is 18.0. The lowest BCUT2D eigenvalue weighted by Crippen LogP contribution is -2.33. The maximum atomic E-state index is 13.1. The molecule has 0 saturated carbocycles. The number of nitrogens with zero attached hydrogens (tertiary/aromatic N) is 2. The number of hydrogen-bond donors (Lipinski definition) is 3. The van der Waals surface area contributed by atoms with Gasteiger partial charge < -0.3 is 16.8 Å². The molecule has 7 heteroatoms. The first-order valence-corrected chi connectivity index (χ1v) is 9.34. The third-order valence-electron chi connectivity index (χ3n) is 4.92. The van der Waals surface area contributed by atoms with Crippen molar-refractivity contribution in [1.29, 1.82) is 0 Å². The molecule has 3 rings (SSSR count). The van der Waals surface area contributed by atoms with Gasteiger partial charge in [-0.3, -0.25) is 14.6 Å². The summed E-state index contributed by atoms with van der Waals surface area (Å²) >= 11 is 0. The summed E-state index contributed by atoms with van der Waals surface area (Å²) in [5.41, 5.74) is 14.2. The average molecular weight is 383 g/mol. The second-order valence-electron chi connectivity index (χ2n) is 6.80. The van der Waals surface area contributed by atoms with E-state index in [0.29, 0.717) is 23.6 Å². The lowest BCUT2D eigenvalue weighted by Gasteiger charge is -2.27. The predicted molar refractivity (Wildman–Crippen MR) is 109 cm³/mol. The monoisotopic (exact) mass is 383 g/mol. The largest absolute Gasteiger partial charge is 0.404 e. The summed E-state index contributed by atoms with van der Waals surface area (Å²) in [6.07, 6.45) is 6.78. The third kappa shape index (κ3) is 4.32. The van der Waals surface area contributed by atoms with Gasteiger partial charge in [0.25, 0.3) is 5.91 Å². The Morgan fingerprint density at radius 2 is 2.07 bits per heavy atom. The van der Waals surface area contributed by atoms with E-state index >= 15 is 0 Å². The molecule has 0 spiro atoms. The summed E-state index contributed by atoms with van der Waals surface area (Å²) in [6.45, 7) is 7.18. The smallest absolute Gasteiger partial charge is 0.265 e. The lowest BCUT2D eigenvalue weighted by molar-refractivity contribution is -0.122. The fourth-order valence-electron chi connectivity index (χ4n) is 3.33. The minimum Gasteiger partial charge on any atom is -0.404 e. The first-order valence-electron chi connectivity index (χ1n) is 9.34. The number of nitrogens with two attached hydrogens (primary N) is 2. The summed E-state index contributed by atoms with van der Waals surface area (Å²) in [5.74, 6) is -0.115. The molecule has 6 nitrogen and oxygen atoms in total. The molecule has 0 fully saturated rings.